The lowest BCUT2D eigenvalue weighted by molar-refractivity contribution is -0.162. The Bertz CT molecular complexity index is 882. The minimum Gasteiger partial charge on any atom is -0.460 e. The molecule has 0 saturated carbocycles. The predicted molar refractivity (Wildman–Crippen MR) is 142 cm³/mol. The monoisotopic (exact) mass is 523 g/mol. The maximum Gasteiger partial charge on any atom is 0.408 e. The number of hydrogen-bond donors (Lipinski definition) is 2. The molecule has 0 saturated heterocycles. The van der Waals surface area contributed by atoms with Gasteiger partial charge in [-0.1, -0.05) is 12.1 Å². The first-order chi connectivity index (χ1) is 16.9. The second-order valence-electron chi connectivity index (χ2n) is 12.1. The highest BCUT2D eigenvalue weighted by atomic mass is 18.2. The number of alkyl carbamates (subject to hydrolysis) is 1. The van der Waals surface area contributed by atoms with Gasteiger partial charge in [-0.3, -0.25) is 9.18 Å². The summed E-state index contributed by atoms with van der Waals surface area (Å²) in [5.41, 5.74) is -0.624. The highest BCUT2D eigenvalue weighted by Gasteiger charge is 2.35. The summed E-state index contributed by atoms with van der Waals surface area (Å²) in [4.78, 5) is 38.8. The zero-order chi connectivity index (χ0) is 28.4. The zero-order valence-electron chi connectivity index (χ0n) is 23.8. The van der Waals surface area contributed by atoms with Crippen LogP contribution in [0.3, 0.4) is 0 Å². The summed E-state index contributed by atoms with van der Waals surface area (Å²) >= 11 is 0. The van der Waals surface area contributed by atoms with Crippen LogP contribution in [0.1, 0.15) is 80.7 Å². The molecule has 0 aliphatic heterocycles. The fraction of sp³-hybridized carbons (Fsp3) is 0.679. The average Bonchev–Trinajstić information content (AvgIpc) is 2.70. The van der Waals surface area contributed by atoms with Crippen LogP contribution in [0, 0.1) is 5.92 Å². The van der Waals surface area contributed by atoms with E-state index in [9.17, 15) is 18.8 Å². The SMILES string of the molecule is CC(C)(C)OC(=O)NC(CC(Cc1ccc(NCCC[18F])cc1)C(=O)OC(C)(C)C)C(=O)OC(C)(C)C. The molecule has 1 aromatic carbocycles. The van der Waals surface area contributed by atoms with Gasteiger partial charge in [0.2, 0.25) is 0 Å². The lowest BCUT2D eigenvalue weighted by Gasteiger charge is -2.29. The number of anilines is 1. The lowest BCUT2D eigenvalue weighted by atomic mass is 9.92. The van der Waals surface area contributed by atoms with Crippen LogP contribution >= 0.6 is 0 Å². The predicted octanol–water partition coefficient (Wildman–Crippen LogP) is 5.58. The minimum absolute atomic E-state index is 0.0421. The third-order valence-corrected chi connectivity index (χ3v) is 4.72. The summed E-state index contributed by atoms with van der Waals surface area (Å²) < 4.78 is 28.9. The van der Waals surface area contributed by atoms with Crippen molar-refractivity contribution in [3.63, 3.8) is 0 Å². The highest BCUT2D eigenvalue weighted by molar-refractivity contribution is 5.83. The molecule has 8 nitrogen and oxygen atoms in total. The Hall–Kier alpha value is -2.84. The van der Waals surface area contributed by atoms with E-state index in [0.717, 1.165) is 11.3 Å². The molecule has 0 radical (unpaired) electrons. The molecule has 0 spiro atoms. The van der Waals surface area contributed by atoms with E-state index in [1.807, 2.05) is 24.3 Å². The molecule has 9 heteroatoms. The molecule has 0 aromatic heterocycles. The molecule has 2 N–H and O–H groups in total. The van der Waals surface area contributed by atoms with Gasteiger partial charge in [-0.25, -0.2) is 9.59 Å². The summed E-state index contributed by atoms with van der Waals surface area (Å²) in [5.74, 6) is -1.91. The van der Waals surface area contributed by atoms with Gasteiger partial charge in [-0.05, 0) is 99.3 Å². The summed E-state index contributed by atoms with van der Waals surface area (Å²) in [7, 11) is 0. The van der Waals surface area contributed by atoms with E-state index in [1.165, 1.54) is 0 Å². The number of benzene rings is 1. The quantitative estimate of drug-likeness (QED) is 0.222. The van der Waals surface area contributed by atoms with Crippen molar-refractivity contribution < 1.29 is 33.0 Å². The second-order valence-corrected chi connectivity index (χ2v) is 12.1. The highest BCUT2D eigenvalue weighted by Crippen LogP contribution is 2.23. The number of carbonyl (C=O) groups excluding carboxylic acids is 3. The number of nitrogens with one attached hydrogen (secondary N) is 2. The van der Waals surface area contributed by atoms with E-state index in [0.29, 0.717) is 13.0 Å². The number of rotatable bonds is 11. The van der Waals surface area contributed by atoms with Gasteiger partial charge in [0.1, 0.15) is 22.8 Å². The first-order valence-corrected chi connectivity index (χ1v) is 12.7. The Morgan fingerprint density at radius 1 is 0.811 bits per heavy atom. The number of ether oxygens (including phenoxy) is 3. The molecular formula is C28H45FN2O6. The fourth-order valence-corrected chi connectivity index (χ4v) is 3.31. The molecule has 1 aromatic rings. The third-order valence-electron chi connectivity index (χ3n) is 4.72. The maximum absolute atomic E-state index is 13.2. The number of amides is 1. The van der Waals surface area contributed by atoms with Crippen molar-refractivity contribution in [2.45, 2.75) is 104 Å². The zero-order valence-corrected chi connectivity index (χ0v) is 23.8. The third kappa shape index (κ3) is 14.5. The number of carbonyl (C=O) groups is 3. The average molecular weight is 524 g/mol. The number of halogens is 1. The van der Waals surface area contributed by atoms with Crippen molar-refractivity contribution in [1.29, 1.82) is 0 Å². The molecule has 0 aliphatic rings. The first-order valence-electron chi connectivity index (χ1n) is 12.7. The second kappa shape index (κ2) is 13.6. The Morgan fingerprint density at radius 3 is 1.81 bits per heavy atom. The van der Waals surface area contributed by atoms with Crippen LogP contribution < -0.4 is 10.6 Å². The molecule has 1 rings (SSSR count). The van der Waals surface area contributed by atoms with Crippen LogP contribution in [0.2, 0.25) is 0 Å². The smallest absolute Gasteiger partial charge is 0.408 e. The molecule has 0 aliphatic carbocycles. The molecule has 37 heavy (non-hydrogen) atoms. The summed E-state index contributed by atoms with van der Waals surface area (Å²) in [6.45, 7) is 15.8. The van der Waals surface area contributed by atoms with E-state index < -0.39 is 53.5 Å². The van der Waals surface area contributed by atoms with Crippen LogP contribution in [0.4, 0.5) is 14.9 Å². The number of hydrogen-bond acceptors (Lipinski definition) is 7. The van der Waals surface area contributed by atoms with Crippen molar-refractivity contribution in [3.05, 3.63) is 29.8 Å². The first kappa shape index (κ1) is 32.2. The van der Waals surface area contributed by atoms with Crippen molar-refractivity contribution >= 4 is 23.7 Å². The maximum atomic E-state index is 13.2. The van der Waals surface area contributed by atoms with Crippen molar-refractivity contribution in [2.24, 2.45) is 5.92 Å². The van der Waals surface area contributed by atoms with Crippen LogP contribution in [-0.2, 0) is 30.2 Å². The van der Waals surface area contributed by atoms with Crippen LogP contribution in [0.15, 0.2) is 24.3 Å². The Labute approximate surface area is 221 Å². The summed E-state index contributed by atoms with van der Waals surface area (Å²) in [6.07, 6.45) is -0.136. The Balaban J connectivity index is 3.19. The van der Waals surface area contributed by atoms with Crippen molar-refractivity contribution in [1.82, 2.24) is 5.32 Å². The molecule has 0 bridgehead atoms. The molecule has 1 amide bonds. The summed E-state index contributed by atoms with van der Waals surface area (Å²) in [5, 5.41) is 5.72. The molecule has 2 unspecified atom stereocenters. The van der Waals surface area contributed by atoms with E-state index >= 15 is 0 Å². The van der Waals surface area contributed by atoms with E-state index in [4.69, 9.17) is 14.2 Å². The minimum atomic E-state index is -1.13. The summed E-state index contributed by atoms with van der Waals surface area (Å²) in [6, 6.07) is 6.29. The molecule has 210 valence electrons. The standard InChI is InChI=1S/C28H45FN2O6/c1-26(2,3)35-23(32)20(17-19-11-13-21(14-12-19)30-16-10-15-29)18-22(24(33)36-27(4,5)6)31-25(34)37-28(7,8)9/h11-14,20,22,30H,10,15-18H2,1-9H3,(H,31,34)/i29-1. The van der Waals surface area contributed by atoms with Gasteiger partial charge >= 0.3 is 18.0 Å². The largest absolute Gasteiger partial charge is 0.460 e. The molecular weight excluding hydrogens is 478 g/mol. The van der Waals surface area contributed by atoms with E-state index in [-0.39, 0.29) is 12.8 Å². The Kier molecular flexibility index (Phi) is 11.9. The van der Waals surface area contributed by atoms with Gasteiger partial charge in [-0.2, -0.15) is 0 Å². The van der Waals surface area contributed by atoms with E-state index in [1.54, 1.807) is 62.3 Å². The van der Waals surface area contributed by atoms with Gasteiger partial charge in [0.15, 0.2) is 0 Å². The molecule has 2 atom stereocenters. The molecule has 0 fully saturated rings. The lowest BCUT2D eigenvalue weighted by Crippen LogP contribution is -2.48. The fourth-order valence-electron chi connectivity index (χ4n) is 3.31. The number of esters is 2. The Morgan fingerprint density at radius 2 is 1.32 bits per heavy atom. The molecule has 0 heterocycles. The van der Waals surface area contributed by atoms with Gasteiger partial charge in [-0.15, -0.1) is 0 Å². The van der Waals surface area contributed by atoms with Crippen LogP contribution in [0.25, 0.3) is 0 Å². The van der Waals surface area contributed by atoms with Gasteiger partial charge in [0, 0.05) is 12.2 Å². The number of alkyl halides is 1. The van der Waals surface area contributed by atoms with Crippen molar-refractivity contribution in [3.8, 4) is 0 Å². The van der Waals surface area contributed by atoms with Gasteiger partial charge in [0.25, 0.3) is 0 Å². The van der Waals surface area contributed by atoms with Gasteiger partial charge in [0.05, 0.1) is 12.6 Å². The van der Waals surface area contributed by atoms with E-state index in [2.05, 4.69) is 10.6 Å². The van der Waals surface area contributed by atoms with Crippen LogP contribution in [-0.4, -0.2) is 54.1 Å². The topological polar surface area (TPSA) is 103 Å². The van der Waals surface area contributed by atoms with Crippen LogP contribution in [0.5, 0.6) is 0 Å². The van der Waals surface area contributed by atoms with Gasteiger partial charge < -0.3 is 24.8 Å². The van der Waals surface area contributed by atoms with Crippen molar-refractivity contribution in [2.75, 3.05) is 18.5 Å². The normalized spacial score (nSPS) is 13.8.